The number of hydrogen-bond donors (Lipinski definition) is 0. The fourth-order valence-corrected chi connectivity index (χ4v) is 7.02. The number of rotatable bonds is 5. The Balaban J connectivity index is 1.30. The number of thiophene rings is 1. The second-order valence-corrected chi connectivity index (χ2v) is 11.5. The van der Waals surface area contributed by atoms with Crippen molar-refractivity contribution in [3.63, 3.8) is 0 Å². The monoisotopic (exact) mass is 554 g/mol. The van der Waals surface area contributed by atoms with Crippen LogP contribution in [0.4, 0.5) is 17.1 Å². The molecule has 0 aliphatic heterocycles. The maximum Gasteiger partial charge on any atom is 0.0640 e. The molecule has 2 aromatic heterocycles. The van der Waals surface area contributed by atoms with Gasteiger partial charge in [-0.15, -0.1) is 11.3 Å². The molecule has 2 nitrogen and oxygen atoms in total. The van der Waals surface area contributed by atoms with Crippen LogP contribution < -0.4 is 4.90 Å². The Morgan fingerprint density at radius 3 is 1.90 bits per heavy atom. The molecule has 0 saturated heterocycles. The summed E-state index contributed by atoms with van der Waals surface area (Å²) in [6.07, 6.45) is 3.86. The minimum Gasteiger partial charge on any atom is -0.309 e. The van der Waals surface area contributed by atoms with Crippen LogP contribution in [0.3, 0.4) is 0 Å². The highest BCUT2D eigenvalue weighted by Gasteiger charge is 2.18. The lowest BCUT2D eigenvalue weighted by Crippen LogP contribution is -2.10. The maximum atomic E-state index is 4.42. The van der Waals surface area contributed by atoms with Crippen molar-refractivity contribution in [3.8, 4) is 22.3 Å². The van der Waals surface area contributed by atoms with Gasteiger partial charge in [0.2, 0.25) is 0 Å². The van der Waals surface area contributed by atoms with Crippen molar-refractivity contribution < 1.29 is 0 Å². The Hall–Kier alpha value is -5.25. The van der Waals surface area contributed by atoms with E-state index >= 15 is 0 Å². The van der Waals surface area contributed by atoms with Gasteiger partial charge in [-0.2, -0.15) is 0 Å². The molecule has 0 spiro atoms. The zero-order chi connectivity index (χ0) is 27.9. The van der Waals surface area contributed by atoms with Crippen molar-refractivity contribution in [1.82, 2.24) is 4.98 Å². The third-order valence-corrected chi connectivity index (χ3v) is 9.15. The minimum absolute atomic E-state index is 1.12. The van der Waals surface area contributed by atoms with Crippen molar-refractivity contribution in [2.75, 3.05) is 4.90 Å². The molecule has 0 bridgehead atoms. The molecule has 2 heterocycles. The molecular weight excluding hydrogens is 529 g/mol. The summed E-state index contributed by atoms with van der Waals surface area (Å²) in [5, 5.41) is 4.88. The van der Waals surface area contributed by atoms with E-state index in [1.54, 1.807) is 0 Å². The number of hydrogen-bond acceptors (Lipinski definition) is 3. The van der Waals surface area contributed by atoms with Gasteiger partial charge in [0.1, 0.15) is 0 Å². The first-order valence-electron chi connectivity index (χ1n) is 14.1. The first-order valence-corrected chi connectivity index (χ1v) is 14.9. The van der Waals surface area contributed by atoms with Gasteiger partial charge in [0, 0.05) is 39.2 Å². The molecule has 0 atom stereocenters. The van der Waals surface area contributed by atoms with E-state index in [9.17, 15) is 0 Å². The number of nitrogens with zero attached hydrogens (tertiary/aromatic N) is 2. The van der Waals surface area contributed by atoms with Gasteiger partial charge in [0.05, 0.1) is 10.4 Å². The summed E-state index contributed by atoms with van der Waals surface area (Å²) in [6, 6.07) is 52.3. The summed E-state index contributed by atoms with van der Waals surface area (Å²) in [5.41, 5.74) is 8.30. The minimum atomic E-state index is 1.12. The van der Waals surface area contributed by atoms with Gasteiger partial charge < -0.3 is 4.90 Å². The van der Waals surface area contributed by atoms with Crippen LogP contribution in [0.1, 0.15) is 0 Å². The molecule has 0 unspecified atom stereocenters. The van der Waals surface area contributed by atoms with Crippen LogP contribution in [0, 0.1) is 0 Å². The zero-order valence-electron chi connectivity index (χ0n) is 22.8. The summed E-state index contributed by atoms with van der Waals surface area (Å²) >= 11 is 1.83. The standard InChI is InChI=1S/C39H26N2S/c1-3-8-27(9-4-1)29-16-19-33(20-17-29)41(37-13-7-12-35-36-26-40-23-22-38(36)42-39(35)37)34-21-18-31-24-30(14-15-32(31)25-34)28-10-5-2-6-11-28/h1-26H. The van der Waals surface area contributed by atoms with E-state index in [1.165, 1.54) is 58.9 Å². The fourth-order valence-electron chi connectivity index (χ4n) is 5.85. The molecule has 0 N–H and O–H groups in total. The summed E-state index contributed by atoms with van der Waals surface area (Å²) < 4.78 is 2.51. The topological polar surface area (TPSA) is 16.1 Å². The molecule has 8 rings (SSSR count). The maximum absolute atomic E-state index is 4.42. The van der Waals surface area contributed by atoms with E-state index in [4.69, 9.17) is 0 Å². The quantitative estimate of drug-likeness (QED) is 0.210. The zero-order valence-corrected chi connectivity index (χ0v) is 23.6. The largest absolute Gasteiger partial charge is 0.309 e. The van der Waals surface area contributed by atoms with E-state index < -0.39 is 0 Å². The Labute approximate surface area is 248 Å². The predicted molar refractivity (Wildman–Crippen MR) is 180 cm³/mol. The van der Waals surface area contributed by atoms with E-state index in [1.807, 2.05) is 23.7 Å². The SMILES string of the molecule is c1ccc(-c2ccc(N(c3ccc4cc(-c5ccccc5)ccc4c3)c3cccc4c3sc3ccncc34)cc2)cc1. The lowest BCUT2D eigenvalue weighted by atomic mass is 10.0. The van der Waals surface area contributed by atoms with E-state index in [0.29, 0.717) is 0 Å². The molecule has 0 radical (unpaired) electrons. The molecule has 0 saturated carbocycles. The van der Waals surface area contributed by atoms with Crippen molar-refractivity contribution in [1.29, 1.82) is 0 Å². The molecule has 6 aromatic carbocycles. The number of benzene rings is 6. The lowest BCUT2D eigenvalue weighted by molar-refractivity contribution is 1.31. The molecule has 8 aromatic rings. The van der Waals surface area contributed by atoms with Crippen LogP contribution >= 0.6 is 11.3 Å². The van der Waals surface area contributed by atoms with Crippen LogP contribution in [-0.4, -0.2) is 4.98 Å². The van der Waals surface area contributed by atoms with Crippen molar-refractivity contribution in [2.24, 2.45) is 0 Å². The van der Waals surface area contributed by atoms with Crippen molar-refractivity contribution in [3.05, 3.63) is 158 Å². The highest BCUT2D eigenvalue weighted by atomic mass is 32.1. The normalized spacial score (nSPS) is 11.3. The molecule has 42 heavy (non-hydrogen) atoms. The summed E-state index contributed by atoms with van der Waals surface area (Å²) in [4.78, 5) is 6.81. The molecule has 198 valence electrons. The van der Waals surface area contributed by atoms with Crippen LogP contribution in [0.5, 0.6) is 0 Å². The van der Waals surface area contributed by atoms with E-state index in [0.717, 1.165) is 11.4 Å². The van der Waals surface area contributed by atoms with Gasteiger partial charge in [-0.3, -0.25) is 4.98 Å². The van der Waals surface area contributed by atoms with Crippen LogP contribution in [0.15, 0.2) is 158 Å². The van der Waals surface area contributed by atoms with Crippen LogP contribution in [-0.2, 0) is 0 Å². The molecule has 0 aliphatic carbocycles. The number of aromatic nitrogens is 1. The summed E-state index contributed by atoms with van der Waals surface area (Å²) in [6.45, 7) is 0. The van der Waals surface area contributed by atoms with E-state index in [-0.39, 0.29) is 0 Å². The Kier molecular flexibility index (Phi) is 6.02. The Morgan fingerprint density at radius 2 is 1.12 bits per heavy atom. The van der Waals surface area contributed by atoms with Gasteiger partial charge in [0.25, 0.3) is 0 Å². The van der Waals surface area contributed by atoms with Gasteiger partial charge in [0.15, 0.2) is 0 Å². The molecule has 0 aliphatic rings. The van der Waals surface area contributed by atoms with Gasteiger partial charge >= 0.3 is 0 Å². The number of anilines is 3. The van der Waals surface area contributed by atoms with Crippen LogP contribution in [0.2, 0.25) is 0 Å². The lowest BCUT2D eigenvalue weighted by Gasteiger charge is -2.26. The summed E-state index contributed by atoms with van der Waals surface area (Å²) in [7, 11) is 0. The van der Waals surface area contributed by atoms with Crippen molar-refractivity contribution >= 4 is 59.3 Å². The second-order valence-electron chi connectivity index (χ2n) is 10.5. The average Bonchev–Trinajstić information content (AvgIpc) is 3.45. The van der Waals surface area contributed by atoms with Gasteiger partial charge in [-0.1, -0.05) is 103 Å². The molecule has 0 amide bonds. The Morgan fingerprint density at radius 1 is 0.476 bits per heavy atom. The predicted octanol–water partition coefficient (Wildman–Crippen LogP) is 11.4. The number of pyridine rings is 1. The fraction of sp³-hybridized carbons (Fsp3) is 0. The first-order chi connectivity index (χ1) is 20.8. The van der Waals surface area contributed by atoms with Gasteiger partial charge in [-0.25, -0.2) is 0 Å². The Bertz CT molecular complexity index is 2180. The second kappa shape index (κ2) is 10.3. The van der Waals surface area contributed by atoms with Crippen LogP contribution in [0.25, 0.3) is 53.2 Å². The van der Waals surface area contributed by atoms with E-state index in [2.05, 4.69) is 155 Å². The molecule has 0 fully saturated rings. The van der Waals surface area contributed by atoms with Gasteiger partial charge in [-0.05, 0) is 75.5 Å². The molecular formula is C39H26N2S. The average molecular weight is 555 g/mol. The third-order valence-electron chi connectivity index (χ3n) is 7.94. The summed E-state index contributed by atoms with van der Waals surface area (Å²) in [5.74, 6) is 0. The highest BCUT2D eigenvalue weighted by Crippen LogP contribution is 2.45. The van der Waals surface area contributed by atoms with Crippen molar-refractivity contribution in [2.45, 2.75) is 0 Å². The first kappa shape index (κ1) is 24.5. The smallest absolute Gasteiger partial charge is 0.0640 e. The molecule has 3 heteroatoms. The highest BCUT2D eigenvalue weighted by molar-refractivity contribution is 7.26. The number of fused-ring (bicyclic) bond motifs is 4. The third kappa shape index (κ3) is 4.32.